The maximum atomic E-state index is 13.2. The molecule has 0 aliphatic heterocycles. The van der Waals surface area contributed by atoms with Gasteiger partial charge in [0.25, 0.3) is 5.91 Å². The van der Waals surface area contributed by atoms with Crippen LogP contribution in [0.1, 0.15) is 36.7 Å². The Kier molecular flexibility index (Phi) is 6.70. The van der Waals surface area contributed by atoms with Gasteiger partial charge in [0.1, 0.15) is 11.6 Å². The topological polar surface area (TPSA) is 67.4 Å². The Bertz CT molecular complexity index is 1040. The van der Waals surface area contributed by atoms with Crippen LogP contribution < -0.4 is 15.4 Å². The molecule has 0 aromatic heterocycles. The molecule has 0 aliphatic carbocycles. The number of anilines is 2. The van der Waals surface area contributed by atoms with Crippen LogP contribution in [0.2, 0.25) is 0 Å². The molecule has 0 fully saturated rings. The first-order valence-corrected chi connectivity index (χ1v) is 10.0. The summed E-state index contributed by atoms with van der Waals surface area (Å²) in [6.07, 6.45) is 0. The molecule has 0 bridgehead atoms. The van der Waals surface area contributed by atoms with Crippen molar-refractivity contribution in [1.82, 2.24) is 0 Å². The summed E-state index contributed by atoms with van der Waals surface area (Å²) in [5, 5.41) is 5.68. The lowest BCUT2D eigenvalue weighted by Gasteiger charge is -2.24. The fourth-order valence-corrected chi connectivity index (χ4v) is 2.99. The van der Waals surface area contributed by atoms with Crippen LogP contribution in [0.5, 0.6) is 5.75 Å². The molecular formula is C25H25FN2O3. The van der Waals surface area contributed by atoms with Gasteiger partial charge in [-0.1, -0.05) is 12.1 Å². The first-order valence-electron chi connectivity index (χ1n) is 10.0. The lowest BCUT2D eigenvalue weighted by Crippen LogP contribution is -2.34. The van der Waals surface area contributed by atoms with Gasteiger partial charge in [0.05, 0.1) is 12.0 Å². The van der Waals surface area contributed by atoms with E-state index in [9.17, 15) is 14.0 Å². The molecule has 2 N–H and O–H groups in total. The van der Waals surface area contributed by atoms with E-state index >= 15 is 0 Å². The number of nitrogens with one attached hydrogen (secondary N) is 2. The second kappa shape index (κ2) is 9.43. The third-order valence-corrected chi connectivity index (χ3v) is 4.96. The zero-order valence-electron chi connectivity index (χ0n) is 17.7. The predicted octanol–water partition coefficient (Wildman–Crippen LogP) is 5.39. The van der Waals surface area contributed by atoms with Crippen molar-refractivity contribution in [3.63, 3.8) is 0 Å². The second-order valence-electron chi connectivity index (χ2n) is 7.57. The van der Waals surface area contributed by atoms with Crippen LogP contribution in [-0.4, -0.2) is 18.4 Å². The number of hydrogen-bond donors (Lipinski definition) is 2. The maximum absolute atomic E-state index is 13.2. The van der Waals surface area contributed by atoms with Gasteiger partial charge in [-0.25, -0.2) is 4.39 Å². The normalized spacial score (nSPS) is 11.0. The van der Waals surface area contributed by atoms with Gasteiger partial charge in [0.15, 0.2) is 0 Å². The van der Waals surface area contributed by atoms with Gasteiger partial charge in [-0.3, -0.25) is 9.59 Å². The smallest absolute Gasteiger partial charge is 0.255 e. The molecular weight excluding hydrogens is 395 g/mol. The maximum Gasteiger partial charge on any atom is 0.255 e. The molecule has 5 nitrogen and oxygen atoms in total. The fraction of sp³-hybridized carbons (Fsp3) is 0.200. The van der Waals surface area contributed by atoms with E-state index in [2.05, 4.69) is 10.6 Å². The Labute approximate surface area is 181 Å². The standard InChI is InChI=1S/C25H25FN2O3/c1-4-31-22-15-13-20(14-16-22)27-23(29)17-5-11-21(12-6-17)28-24(30)25(2,3)18-7-9-19(26)10-8-18/h5-16H,4H2,1-3H3,(H,27,29)(H,28,30). The van der Waals surface area contributed by atoms with Crippen LogP contribution in [0.25, 0.3) is 0 Å². The molecule has 0 saturated carbocycles. The average Bonchev–Trinajstić information content (AvgIpc) is 2.76. The molecule has 160 valence electrons. The zero-order valence-corrected chi connectivity index (χ0v) is 17.7. The molecule has 3 rings (SSSR count). The van der Waals surface area contributed by atoms with Gasteiger partial charge in [-0.05, 0) is 87.0 Å². The van der Waals surface area contributed by atoms with E-state index in [1.165, 1.54) is 12.1 Å². The molecule has 0 saturated heterocycles. The van der Waals surface area contributed by atoms with Gasteiger partial charge in [-0.2, -0.15) is 0 Å². The highest BCUT2D eigenvalue weighted by atomic mass is 19.1. The summed E-state index contributed by atoms with van der Waals surface area (Å²) in [6, 6.07) is 19.6. The molecule has 0 radical (unpaired) electrons. The quantitative estimate of drug-likeness (QED) is 0.538. The Balaban J connectivity index is 1.63. The number of amides is 2. The van der Waals surface area contributed by atoms with Crippen molar-refractivity contribution in [1.29, 1.82) is 0 Å². The van der Waals surface area contributed by atoms with Gasteiger partial charge in [0.2, 0.25) is 5.91 Å². The minimum atomic E-state index is -0.850. The molecule has 31 heavy (non-hydrogen) atoms. The van der Waals surface area contributed by atoms with E-state index in [0.29, 0.717) is 29.1 Å². The van der Waals surface area contributed by atoms with Crippen LogP contribution in [0.15, 0.2) is 72.8 Å². The Morgan fingerprint density at radius 3 is 1.97 bits per heavy atom. The van der Waals surface area contributed by atoms with E-state index in [-0.39, 0.29) is 17.6 Å². The molecule has 0 heterocycles. The van der Waals surface area contributed by atoms with E-state index in [1.807, 2.05) is 6.92 Å². The number of rotatable bonds is 7. The molecule has 0 aliphatic rings. The van der Waals surface area contributed by atoms with Crippen LogP contribution in [0, 0.1) is 5.82 Å². The third-order valence-electron chi connectivity index (χ3n) is 4.96. The minimum absolute atomic E-state index is 0.231. The number of hydrogen-bond acceptors (Lipinski definition) is 3. The zero-order chi connectivity index (χ0) is 22.4. The molecule has 3 aromatic rings. The molecule has 6 heteroatoms. The highest BCUT2D eigenvalue weighted by molar-refractivity contribution is 6.05. The Morgan fingerprint density at radius 2 is 1.39 bits per heavy atom. The van der Waals surface area contributed by atoms with Crippen molar-refractivity contribution in [2.45, 2.75) is 26.2 Å². The number of ether oxygens (including phenoxy) is 1. The van der Waals surface area contributed by atoms with Gasteiger partial charge >= 0.3 is 0 Å². The molecule has 2 amide bonds. The molecule has 0 spiro atoms. The highest BCUT2D eigenvalue weighted by Gasteiger charge is 2.29. The highest BCUT2D eigenvalue weighted by Crippen LogP contribution is 2.25. The fourth-order valence-electron chi connectivity index (χ4n) is 2.99. The van der Waals surface area contributed by atoms with Crippen molar-refractivity contribution in [2.75, 3.05) is 17.2 Å². The lowest BCUT2D eigenvalue weighted by molar-refractivity contribution is -0.120. The average molecular weight is 420 g/mol. The van der Waals surface area contributed by atoms with Crippen LogP contribution >= 0.6 is 0 Å². The van der Waals surface area contributed by atoms with Crippen LogP contribution in [-0.2, 0) is 10.2 Å². The summed E-state index contributed by atoms with van der Waals surface area (Å²) < 4.78 is 18.6. The SMILES string of the molecule is CCOc1ccc(NC(=O)c2ccc(NC(=O)C(C)(C)c3ccc(F)cc3)cc2)cc1. The van der Waals surface area contributed by atoms with Crippen molar-refractivity contribution < 1.29 is 18.7 Å². The summed E-state index contributed by atoms with van der Waals surface area (Å²) in [4.78, 5) is 25.2. The summed E-state index contributed by atoms with van der Waals surface area (Å²) in [5.74, 6) is -0.0948. The number of benzene rings is 3. The van der Waals surface area contributed by atoms with Crippen molar-refractivity contribution in [3.05, 3.63) is 89.7 Å². The minimum Gasteiger partial charge on any atom is -0.494 e. The number of carbonyl (C=O) groups excluding carboxylic acids is 2. The van der Waals surface area contributed by atoms with Gasteiger partial charge in [-0.15, -0.1) is 0 Å². The largest absolute Gasteiger partial charge is 0.494 e. The predicted molar refractivity (Wildman–Crippen MR) is 120 cm³/mol. The van der Waals surface area contributed by atoms with Crippen LogP contribution in [0.4, 0.5) is 15.8 Å². The van der Waals surface area contributed by atoms with Crippen LogP contribution in [0.3, 0.4) is 0 Å². The summed E-state index contributed by atoms with van der Waals surface area (Å²) >= 11 is 0. The number of halogens is 1. The van der Waals surface area contributed by atoms with Crippen molar-refractivity contribution >= 4 is 23.2 Å². The first-order chi connectivity index (χ1) is 14.8. The second-order valence-corrected chi connectivity index (χ2v) is 7.57. The summed E-state index contributed by atoms with van der Waals surface area (Å²) in [6.45, 7) is 6.03. The third kappa shape index (κ3) is 5.48. The van der Waals surface area contributed by atoms with Gasteiger partial charge < -0.3 is 15.4 Å². The molecule has 0 unspecified atom stereocenters. The summed E-state index contributed by atoms with van der Waals surface area (Å²) in [7, 11) is 0. The molecule has 0 atom stereocenters. The molecule has 3 aromatic carbocycles. The van der Waals surface area contributed by atoms with Crippen molar-refractivity contribution in [2.24, 2.45) is 0 Å². The summed E-state index contributed by atoms with van der Waals surface area (Å²) in [5.41, 5.74) is 1.55. The lowest BCUT2D eigenvalue weighted by atomic mass is 9.83. The Morgan fingerprint density at radius 1 is 0.839 bits per heavy atom. The van der Waals surface area contributed by atoms with E-state index in [0.717, 1.165) is 5.75 Å². The Hall–Kier alpha value is -3.67. The number of carbonyl (C=O) groups is 2. The van der Waals surface area contributed by atoms with E-state index in [4.69, 9.17) is 4.74 Å². The van der Waals surface area contributed by atoms with Crippen molar-refractivity contribution in [3.8, 4) is 5.75 Å². The monoisotopic (exact) mass is 420 g/mol. The van der Waals surface area contributed by atoms with E-state index in [1.54, 1.807) is 74.5 Å². The van der Waals surface area contributed by atoms with Gasteiger partial charge in [0, 0.05) is 16.9 Å². The first kappa shape index (κ1) is 22.0. The van der Waals surface area contributed by atoms with E-state index < -0.39 is 5.41 Å².